The predicted molar refractivity (Wildman–Crippen MR) is 112 cm³/mol. The molecule has 28 heavy (non-hydrogen) atoms. The number of hydrazone groups is 1. The lowest BCUT2D eigenvalue weighted by molar-refractivity contribution is 0.122. The zero-order chi connectivity index (χ0) is 19.8. The van der Waals surface area contributed by atoms with Gasteiger partial charge in [-0.05, 0) is 51.7 Å². The highest BCUT2D eigenvalue weighted by Gasteiger charge is 2.17. The molecular weight excluding hydrogens is 354 g/mol. The molecule has 2 heterocycles. The summed E-state index contributed by atoms with van der Waals surface area (Å²) in [7, 11) is 4.14. The third-order valence-electron chi connectivity index (χ3n) is 4.73. The van der Waals surface area contributed by atoms with Crippen LogP contribution in [0.15, 0.2) is 40.0 Å². The summed E-state index contributed by atoms with van der Waals surface area (Å²) in [5.74, 6) is 1.78. The number of benzene rings is 1. The summed E-state index contributed by atoms with van der Waals surface area (Å²) in [6.07, 6.45) is 2.86. The monoisotopic (exact) mass is 385 g/mol. The molecule has 0 bridgehead atoms. The van der Waals surface area contributed by atoms with Crippen LogP contribution in [0.1, 0.15) is 19.1 Å². The van der Waals surface area contributed by atoms with Crippen molar-refractivity contribution in [1.82, 2.24) is 20.0 Å². The molecule has 1 aromatic heterocycles. The Hall–Kier alpha value is -2.38. The fourth-order valence-electron chi connectivity index (χ4n) is 3.21. The van der Waals surface area contributed by atoms with E-state index >= 15 is 0 Å². The van der Waals surface area contributed by atoms with Crippen LogP contribution in [0.2, 0.25) is 0 Å². The maximum absolute atomic E-state index is 5.79. The van der Waals surface area contributed by atoms with Crippen molar-refractivity contribution in [2.45, 2.75) is 19.9 Å². The van der Waals surface area contributed by atoms with Gasteiger partial charge in [-0.1, -0.05) is 5.16 Å². The van der Waals surface area contributed by atoms with Crippen molar-refractivity contribution in [3.8, 4) is 17.0 Å². The Labute approximate surface area is 167 Å². The lowest BCUT2D eigenvalue weighted by atomic mass is 10.1. The molecule has 0 unspecified atom stereocenters. The third-order valence-corrected chi connectivity index (χ3v) is 4.73. The Morgan fingerprint density at radius 3 is 2.61 bits per heavy atom. The zero-order valence-corrected chi connectivity index (χ0v) is 17.2. The molecule has 7 nitrogen and oxygen atoms in total. The predicted octanol–water partition coefficient (Wildman–Crippen LogP) is 2.80. The summed E-state index contributed by atoms with van der Waals surface area (Å²) in [5.41, 5.74) is 1.90. The van der Waals surface area contributed by atoms with Crippen LogP contribution in [-0.2, 0) is 6.54 Å². The van der Waals surface area contributed by atoms with Crippen LogP contribution in [0.3, 0.4) is 0 Å². The Kier molecular flexibility index (Phi) is 7.45. The van der Waals surface area contributed by atoms with Crippen LogP contribution in [0.4, 0.5) is 0 Å². The molecule has 1 aromatic carbocycles. The number of rotatable bonds is 9. The minimum Gasteiger partial charge on any atom is -0.494 e. The maximum atomic E-state index is 5.79. The molecule has 3 rings (SSSR count). The molecule has 1 aliphatic rings. The van der Waals surface area contributed by atoms with E-state index in [1.54, 1.807) is 0 Å². The van der Waals surface area contributed by atoms with Crippen LogP contribution < -0.4 is 4.74 Å². The summed E-state index contributed by atoms with van der Waals surface area (Å²) in [5, 5.41) is 10.7. The van der Waals surface area contributed by atoms with Gasteiger partial charge < -0.3 is 14.2 Å². The second kappa shape index (κ2) is 10.2. The van der Waals surface area contributed by atoms with Crippen molar-refractivity contribution >= 4 is 6.21 Å². The topological polar surface area (TPSA) is 57.3 Å². The minimum absolute atomic E-state index is 0.725. The van der Waals surface area contributed by atoms with Crippen molar-refractivity contribution in [3.05, 3.63) is 36.1 Å². The molecule has 0 atom stereocenters. The highest BCUT2D eigenvalue weighted by molar-refractivity contribution is 5.59. The summed E-state index contributed by atoms with van der Waals surface area (Å²) in [4.78, 5) is 4.53. The molecule has 0 aliphatic carbocycles. The smallest absolute Gasteiger partial charge is 0.151 e. The highest BCUT2D eigenvalue weighted by atomic mass is 16.5. The fraction of sp³-hybridized carbons (Fsp3) is 0.524. The molecular formula is C21H31N5O2. The lowest BCUT2D eigenvalue weighted by Gasteiger charge is -2.32. The van der Waals surface area contributed by atoms with Gasteiger partial charge in [0.1, 0.15) is 11.4 Å². The van der Waals surface area contributed by atoms with Gasteiger partial charge in [-0.3, -0.25) is 9.91 Å². The Bertz CT molecular complexity index is 734. The van der Waals surface area contributed by atoms with E-state index in [1.807, 2.05) is 43.5 Å². The van der Waals surface area contributed by atoms with E-state index < -0.39 is 0 Å². The molecule has 1 fully saturated rings. The summed E-state index contributed by atoms with van der Waals surface area (Å²) < 4.78 is 11.3. The van der Waals surface area contributed by atoms with E-state index in [4.69, 9.17) is 9.26 Å². The quantitative estimate of drug-likeness (QED) is 0.489. The third kappa shape index (κ3) is 6.07. The van der Waals surface area contributed by atoms with Crippen molar-refractivity contribution in [1.29, 1.82) is 0 Å². The average Bonchev–Trinajstić information content (AvgIpc) is 3.16. The molecule has 0 radical (unpaired) electrons. The first-order valence-electron chi connectivity index (χ1n) is 9.93. The Morgan fingerprint density at radius 1 is 1.18 bits per heavy atom. The van der Waals surface area contributed by atoms with Crippen molar-refractivity contribution in [2.24, 2.45) is 5.10 Å². The van der Waals surface area contributed by atoms with Gasteiger partial charge in [0.15, 0.2) is 5.76 Å². The molecule has 0 saturated carbocycles. The van der Waals surface area contributed by atoms with E-state index in [-0.39, 0.29) is 0 Å². The molecule has 0 N–H and O–H groups in total. The van der Waals surface area contributed by atoms with Crippen molar-refractivity contribution < 1.29 is 9.26 Å². The van der Waals surface area contributed by atoms with Gasteiger partial charge in [0.2, 0.25) is 0 Å². The van der Waals surface area contributed by atoms with Crippen LogP contribution in [0, 0.1) is 0 Å². The number of piperazine rings is 1. The average molecular weight is 386 g/mol. The molecule has 0 spiro atoms. The first-order valence-corrected chi connectivity index (χ1v) is 9.93. The van der Waals surface area contributed by atoms with E-state index in [9.17, 15) is 0 Å². The van der Waals surface area contributed by atoms with E-state index in [2.05, 4.69) is 39.2 Å². The second-order valence-electron chi connectivity index (χ2n) is 7.31. The SMILES string of the molecule is C/C=N/N1CCN(Cc2cc(-c3ccc(OCCCN(C)C)cc3)no2)CC1. The van der Waals surface area contributed by atoms with E-state index in [0.717, 1.165) is 75.1 Å². The standard InChI is InChI=1S/C21H31N5O2/c1-4-22-26-13-11-25(12-14-26)17-20-16-21(23-28-20)18-6-8-19(9-7-18)27-15-5-10-24(2)3/h4,6-9,16H,5,10-15,17H2,1-3H3/b22-4+. The highest BCUT2D eigenvalue weighted by Crippen LogP contribution is 2.23. The summed E-state index contributed by atoms with van der Waals surface area (Å²) in [6, 6.07) is 10.1. The molecule has 152 valence electrons. The lowest BCUT2D eigenvalue weighted by Crippen LogP contribution is -2.43. The van der Waals surface area contributed by atoms with E-state index in [0.29, 0.717) is 0 Å². The first-order chi connectivity index (χ1) is 13.6. The van der Waals surface area contributed by atoms with Gasteiger partial charge in [0.05, 0.1) is 13.2 Å². The Balaban J connectivity index is 1.48. The minimum atomic E-state index is 0.725. The number of hydrogen-bond acceptors (Lipinski definition) is 7. The zero-order valence-electron chi connectivity index (χ0n) is 17.2. The van der Waals surface area contributed by atoms with Crippen LogP contribution in [0.25, 0.3) is 11.3 Å². The summed E-state index contributed by atoms with van der Waals surface area (Å²) >= 11 is 0. The fourth-order valence-corrected chi connectivity index (χ4v) is 3.21. The van der Waals surface area contributed by atoms with Gasteiger partial charge >= 0.3 is 0 Å². The van der Waals surface area contributed by atoms with Gasteiger partial charge in [-0.25, -0.2) is 0 Å². The largest absolute Gasteiger partial charge is 0.494 e. The Morgan fingerprint density at radius 2 is 1.93 bits per heavy atom. The molecule has 2 aromatic rings. The number of hydrogen-bond donors (Lipinski definition) is 0. The van der Waals surface area contributed by atoms with Gasteiger partial charge in [-0.2, -0.15) is 5.10 Å². The maximum Gasteiger partial charge on any atom is 0.151 e. The van der Waals surface area contributed by atoms with Crippen molar-refractivity contribution in [2.75, 3.05) is 53.4 Å². The normalized spacial score (nSPS) is 15.6. The summed E-state index contributed by atoms with van der Waals surface area (Å²) in [6.45, 7) is 8.34. The van der Waals surface area contributed by atoms with Gasteiger partial charge in [0, 0.05) is 50.6 Å². The van der Waals surface area contributed by atoms with Gasteiger partial charge in [0.25, 0.3) is 0 Å². The molecule has 7 heteroatoms. The second-order valence-corrected chi connectivity index (χ2v) is 7.31. The van der Waals surface area contributed by atoms with Crippen molar-refractivity contribution in [3.63, 3.8) is 0 Å². The number of aromatic nitrogens is 1. The van der Waals surface area contributed by atoms with Crippen LogP contribution in [0.5, 0.6) is 5.75 Å². The van der Waals surface area contributed by atoms with Gasteiger partial charge in [-0.15, -0.1) is 0 Å². The number of nitrogens with zero attached hydrogens (tertiary/aromatic N) is 5. The van der Waals surface area contributed by atoms with Crippen LogP contribution in [-0.4, -0.2) is 79.6 Å². The van der Waals surface area contributed by atoms with E-state index in [1.165, 1.54) is 0 Å². The first kappa shape index (κ1) is 20.4. The molecule has 1 saturated heterocycles. The molecule has 1 aliphatic heterocycles. The molecule has 0 amide bonds. The van der Waals surface area contributed by atoms with Crippen LogP contribution >= 0.6 is 0 Å². The number of ether oxygens (including phenoxy) is 1.